The molecule has 1 unspecified atom stereocenters. The van der Waals surface area contributed by atoms with E-state index in [0.717, 1.165) is 5.56 Å². The number of hydrogen-bond donors (Lipinski definition) is 0. The molecule has 1 aromatic heterocycles. The van der Waals surface area contributed by atoms with Crippen LogP contribution in [0.3, 0.4) is 0 Å². The van der Waals surface area contributed by atoms with Crippen LogP contribution in [0, 0.1) is 0 Å². The summed E-state index contributed by atoms with van der Waals surface area (Å²) in [5.74, 6) is -1.13. The summed E-state index contributed by atoms with van der Waals surface area (Å²) in [5.41, 5.74) is 0.832. The Bertz CT molecular complexity index is 455. The Kier molecular flexibility index (Phi) is 2.90. The predicted molar refractivity (Wildman–Crippen MR) is 52.0 cm³/mol. The van der Waals surface area contributed by atoms with Crippen LogP contribution in [0.5, 0.6) is 0 Å². The van der Waals surface area contributed by atoms with Crippen molar-refractivity contribution in [2.24, 2.45) is 0 Å². The summed E-state index contributed by atoms with van der Waals surface area (Å²) in [4.78, 5) is 10.7. The molecule has 2 rings (SSSR count). The van der Waals surface area contributed by atoms with Crippen molar-refractivity contribution < 1.29 is 9.90 Å². The number of tetrazole rings is 1. The third kappa shape index (κ3) is 2.22. The second-order valence-electron chi connectivity index (χ2n) is 3.29. The number of carbonyl (C=O) groups excluding carboxylic acids is 1. The van der Waals surface area contributed by atoms with Gasteiger partial charge in [-0.05, 0) is 16.0 Å². The lowest BCUT2D eigenvalue weighted by Crippen LogP contribution is -2.27. The Morgan fingerprint density at radius 1 is 1.38 bits per heavy atom. The van der Waals surface area contributed by atoms with Gasteiger partial charge in [0.1, 0.15) is 6.33 Å². The molecule has 0 aliphatic rings. The third-order valence-electron chi connectivity index (χ3n) is 2.23. The van der Waals surface area contributed by atoms with Crippen molar-refractivity contribution >= 4 is 5.97 Å². The minimum Gasteiger partial charge on any atom is -0.550 e. The number of nitrogens with zero attached hydrogens (tertiary/aromatic N) is 4. The summed E-state index contributed by atoms with van der Waals surface area (Å²) in [6, 6.07) is 8.76. The highest BCUT2D eigenvalue weighted by Crippen LogP contribution is 2.19. The van der Waals surface area contributed by atoms with E-state index < -0.39 is 12.0 Å². The summed E-state index contributed by atoms with van der Waals surface area (Å²) >= 11 is 0. The molecule has 0 fully saturated rings. The van der Waals surface area contributed by atoms with Gasteiger partial charge in [0.25, 0.3) is 0 Å². The van der Waals surface area contributed by atoms with E-state index in [1.54, 1.807) is 0 Å². The SMILES string of the molecule is O=C([O-])CC(c1ccccc1)n1cnnn1. The van der Waals surface area contributed by atoms with Gasteiger partial charge in [-0.15, -0.1) is 5.10 Å². The third-order valence-corrected chi connectivity index (χ3v) is 2.23. The van der Waals surface area contributed by atoms with Crippen LogP contribution in [0.1, 0.15) is 18.0 Å². The number of hydrogen-bond acceptors (Lipinski definition) is 5. The number of carboxylic acids is 1. The molecule has 0 saturated heterocycles. The Morgan fingerprint density at radius 3 is 2.69 bits per heavy atom. The van der Waals surface area contributed by atoms with E-state index in [1.807, 2.05) is 30.3 Å². The Hall–Kier alpha value is -2.24. The fraction of sp³-hybridized carbons (Fsp3) is 0.200. The molecule has 1 heterocycles. The zero-order valence-electron chi connectivity index (χ0n) is 8.35. The lowest BCUT2D eigenvalue weighted by molar-refractivity contribution is -0.306. The average molecular weight is 217 g/mol. The van der Waals surface area contributed by atoms with E-state index in [9.17, 15) is 9.90 Å². The maximum atomic E-state index is 10.7. The van der Waals surface area contributed by atoms with E-state index in [0.29, 0.717) is 0 Å². The van der Waals surface area contributed by atoms with Crippen molar-refractivity contribution in [2.75, 3.05) is 0 Å². The van der Waals surface area contributed by atoms with Crippen molar-refractivity contribution in [3.05, 3.63) is 42.2 Å². The van der Waals surface area contributed by atoms with E-state index in [4.69, 9.17) is 0 Å². The molecule has 16 heavy (non-hydrogen) atoms. The molecular weight excluding hydrogens is 208 g/mol. The molecule has 0 bridgehead atoms. The molecule has 1 atom stereocenters. The monoisotopic (exact) mass is 217 g/mol. The Balaban J connectivity index is 2.32. The summed E-state index contributed by atoms with van der Waals surface area (Å²) in [6.07, 6.45) is 1.23. The van der Waals surface area contributed by atoms with Crippen molar-refractivity contribution in [3.8, 4) is 0 Å². The fourth-order valence-corrected chi connectivity index (χ4v) is 1.51. The summed E-state index contributed by atoms with van der Waals surface area (Å²) in [6.45, 7) is 0. The van der Waals surface area contributed by atoms with E-state index in [2.05, 4.69) is 15.5 Å². The first kappa shape index (κ1) is 10.3. The highest BCUT2D eigenvalue weighted by atomic mass is 16.4. The number of carbonyl (C=O) groups is 1. The van der Waals surface area contributed by atoms with Crippen LogP contribution in [-0.4, -0.2) is 26.2 Å². The molecule has 1 aromatic carbocycles. The number of aromatic nitrogens is 4. The lowest BCUT2D eigenvalue weighted by atomic mass is 10.0. The van der Waals surface area contributed by atoms with Crippen molar-refractivity contribution in [2.45, 2.75) is 12.5 Å². The fourth-order valence-electron chi connectivity index (χ4n) is 1.51. The molecule has 0 aliphatic carbocycles. The van der Waals surface area contributed by atoms with Crippen LogP contribution in [0.25, 0.3) is 0 Å². The van der Waals surface area contributed by atoms with E-state index in [-0.39, 0.29) is 6.42 Å². The standard InChI is InChI=1S/C10H10N4O2/c15-10(16)6-9(14-7-11-12-13-14)8-4-2-1-3-5-8/h1-5,7,9H,6H2,(H,15,16)/p-1. The van der Waals surface area contributed by atoms with Crippen LogP contribution >= 0.6 is 0 Å². The molecule has 82 valence electrons. The smallest absolute Gasteiger partial charge is 0.138 e. The zero-order chi connectivity index (χ0) is 11.4. The second-order valence-corrected chi connectivity index (χ2v) is 3.29. The maximum Gasteiger partial charge on any atom is 0.138 e. The normalized spacial score (nSPS) is 12.2. The predicted octanol–water partition coefficient (Wildman–Crippen LogP) is -0.598. The van der Waals surface area contributed by atoms with Gasteiger partial charge in [-0.3, -0.25) is 0 Å². The lowest BCUT2D eigenvalue weighted by Gasteiger charge is -2.16. The second kappa shape index (κ2) is 4.52. The van der Waals surface area contributed by atoms with Crippen LogP contribution in [-0.2, 0) is 4.79 Å². The van der Waals surface area contributed by atoms with Gasteiger partial charge in [0, 0.05) is 12.4 Å². The van der Waals surface area contributed by atoms with Crippen LogP contribution in [0.15, 0.2) is 36.7 Å². The molecule has 0 saturated carbocycles. The molecular formula is C10H9N4O2-. The molecule has 0 spiro atoms. The van der Waals surface area contributed by atoms with E-state index in [1.165, 1.54) is 11.0 Å². The summed E-state index contributed by atoms with van der Waals surface area (Å²) in [7, 11) is 0. The highest BCUT2D eigenvalue weighted by Gasteiger charge is 2.14. The molecule has 2 aromatic rings. The molecule has 6 nitrogen and oxygen atoms in total. The van der Waals surface area contributed by atoms with Crippen LogP contribution in [0.2, 0.25) is 0 Å². The first-order chi connectivity index (χ1) is 7.77. The van der Waals surface area contributed by atoms with Gasteiger partial charge >= 0.3 is 0 Å². The van der Waals surface area contributed by atoms with Gasteiger partial charge in [-0.1, -0.05) is 30.3 Å². The number of carboxylic acid groups (broad SMARTS) is 1. The molecule has 0 N–H and O–H groups in total. The molecule has 0 radical (unpaired) electrons. The maximum absolute atomic E-state index is 10.7. The quantitative estimate of drug-likeness (QED) is 0.683. The summed E-state index contributed by atoms with van der Waals surface area (Å²) in [5, 5.41) is 21.4. The van der Waals surface area contributed by atoms with Crippen molar-refractivity contribution in [3.63, 3.8) is 0 Å². The minimum atomic E-state index is -1.13. The zero-order valence-corrected chi connectivity index (χ0v) is 8.35. The molecule has 6 heteroatoms. The van der Waals surface area contributed by atoms with Crippen molar-refractivity contribution in [1.29, 1.82) is 0 Å². The first-order valence-electron chi connectivity index (χ1n) is 4.74. The van der Waals surface area contributed by atoms with E-state index >= 15 is 0 Å². The number of rotatable bonds is 4. The summed E-state index contributed by atoms with van der Waals surface area (Å²) < 4.78 is 1.41. The molecule has 0 amide bonds. The van der Waals surface area contributed by atoms with Crippen LogP contribution < -0.4 is 5.11 Å². The van der Waals surface area contributed by atoms with Gasteiger partial charge in [0.2, 0.25) is 0 Å². The Labute approximate surface area is 91.5 Å². The number of benzene rings is 1. The van der Waals surface area contributed by atoms with Crippen LogP contribution in [0.4, 0.5) is 0 Å². The number of aliphatic carboxylic acids is 1. The Morgan fingerprint density at radius 2 is 2.12 bits per heavy atom. The first-order valence-corrected chi connectivity index (χ1v) is 4.74. The minimum absolute atomic E-state index is 0.158. The topological polar surface area (TPSA) is 83.7 Å². The largest absolute Gasteiger partial charge is 0.550 e. The average Bonchev–Trinajstić information content (AvgIpc) is 2.80. The van der Waals surface area contributed by atoms with Gasteiger partial charge in [0.05, 0.1) is 6.04 Å². The van der Waals surface area contributed by atoms with Gasteiger partial charge in [-0.25, -0.2) is 4.68 Å². The highest BCUT2D eigenvalue weighted by molar-refractivity contribution is 5.65. The van der Waals surface area contributed by atoms with Gasteiger partial charge in [0.15, 0.2) is 0 Å². The van der Waals surface area contributed by atoms with Crippen molar-refractivity contribution in [1.82, 2.24) is 20.2 Å². The van der Waals surface area contributed by atoms with Gasteiger partial charge in [-0.2, -0.15) is 0 Å². The molecule has 0 aliphatic heterocycles. The van der Waals surface area contributed by atoms with Gasteiger partial charge < -0.3 is 9.90 Å².